The standard InChI is InChI=1S/C27H32F4N6O3Si/c1-27(32)13-37-25(39-14-27)19(20(35-37)22(28)29)21-18(17-8-6-10-34-24(17)40-26(30)31)16-7-5-9-33-23(16)36(21)15-38-11-12-41(2,3)4/h5-10,22,26H,11-15,32H2,1-4H3/t27-/m0/s1. The van der Waals surface area contributed by atoms with Gasteiger partial charge in [0.2, 0.25) is 11.8 Å². The van der Waals surface area contributed by atoms with Crippen LogP contribution < -0.4 is 15.2 Å². The van der Waals surface area contributed by atoms with Crippen LogP contribution >= 0.6 is 0 Å². The van der Waals surface area contributed by atoms with Crippen molar-refractivity contribution in [3.8, 4) is 34.1 Å². The van der Waals surface area contributed by atoms with Crippen LogP contribution in [0.1, 0.15) is 19.0 Å². The Labute approximate surface area is 235 Å². The quantitative estimate of drug-likeness (QED) is 0.139. The highest BCUT2D eigenvalue weighted by Crippen LogP contribution is 2.49. The van der Waals surface area contributed by atoms with Gasteiger partial charge in [0.15, 0.2) is 0 Å². The second-order valence-electron chi connectivity index (χ2n) is 11.6. The molecule has 0 radical (unpaired) electrons. The molecule has 1 aliphatic heterocycles. The average Bonchev–Trinajstić information content (AvgIpc) is 3.40. The molecule has 1 aliphatic rings. The number of hydrogen-bond donors (Lipinski definition) is 1. The van der Waals surface area contributed by atoms with Crippen molar-refractivity contribution in [3.05, 3.63) is 42.4 Å². The van der Waals surface area contributed by atoms with E-state index in [1.807, 2.05) is 0 Å². The Balaban J connectivity index is 1.81. The fourth-order valence-electron chi connectivity index (χ4n) is 4.84. The van der Waals surface area contributed by atoms with Crippen LogP contribution in [0.3, 0.4) is 0 Å². The van der Waals surface area contributed by atoms with E-state index in [1.165, 1.54) is 10.9 Å². The Morgan fingerprint density at radius 3 is 2.54 bits per heavy atom. The molecule has 0 aliphatic carbocycles. The minimum absolute atomic E-state index is 0.00384. The first-order chi connectivity index (χ1) is 19.4. The molecule has 0 amide bonds. The van der Waals surface area contributed by atoms with Gasteiger partial charge in [0.1, 0.15) is 24.7 Å². The molecule has 1 atom stereocenters. The van der Waals surface area contributed by atoms with Gasteiger partial charge in [0.25, 0.3) is 6.43 Å². The molecular formula is C27H32F4N6O3Si. The monoisotopic (exact) mass is 592 g/mol. The number of fused-ring (bicyclic) bond motifs is 2. The van der Waals surface area contributed by atoms with Crippen LogP contribution in [0.25, 0.3) is 33.4 Å². The highest BCUT2D eigenvalue weighted by molar-refractivity contribution is 6.76. The molecule has 220 valence electrons. The Morgan fingerprint density at radius 1 is 1.10 bits per heavy atom. The number of alkyl halides is 4. The first kappa shape index (κ1) is 29.0. The average molecular weight is 593 g/mol. The lowest BCUT2D eigenvalue weighted by molar-refractivity contribution is -0.0524. The van der Waals surface area contributed by atoms with E-state index in [9.17, 15) is 17.6 Å². The van der Waals surface area contributed by atoms with Crippen molar-refractivity contribution in [2.24, 2.45) is 5.73 Å². The lowest BCUT2D eigenvalue weighted by Gasteiger charge is -2.30. The number of nitrogens with zero attached hydrogens (tertiary/aromatic N) is 5. The van der Waals surface area contributed by atoms with Gasteiger partial charge in [-0.25, -0.2) is 23.4 Å². The van der Waals surface area contributed by atoms with Crippen molar-refractivity contribution in [2.45, 2.75) is 64.5 Å². The molecule has 0 unspecified atom stereocenters. The number of ether oxygens (including phenoxy) is 3. The van der Waals surface area contributed by atoms with Crippen molar-refractivity contribution < 1.29 is 31.8 Å². The molecule has 5 heterocycles. The number of nitrogens with two attached hydrogens (primary N) is 1. The van der Waals surface area contributed by atoms with Gasteiger partial charge in [-0.2, -0.15) is 13.9 Å². The van der Waals surface area contributed by atoms with Crippen molar-refractivity contribution in [1.29, 1.82) is 0 Å². The Hall–Kier alpha value is -3.49. The van der Waals surface area contributed by atoms with E-state index in [4.69, 9.17) is 19.9 Å². The predicted octanol–water partition coefficient (Wildman–Crippen LogP) is 5.92. The van der Waals surface area contributed by atoms with E-state index in [1.54, 1.807) is 42.0 Å². The molecule has 2 N–H and O–H groups in total. The Kier molecular flexibility index (Phi) is 7.83. The van der Waals surface area contributed by atoms with Gasteiger partial charge in [-0.3, -0.25) is 0 Å². The van der Waals surface area contributed by atoms with Crippen LogP contribution in [0.2, 0.25) is 25.7 Å². The van der Waals surface area contributed by atoms with E-state index in [-0.39, 0.29) is 48.5 Å². The normalized spacial score (nSPS) is 17.3. The smallest absolute Gasteiger partial charge is 0.388 e. The number of pyridine rings is 2. The second-order valence-corrected chi connectivity index (χ2v) is 17.2. The maximum atomic E-state index is 14.7. The zero-order chi connectivity index (χ0) is 29.5. The summed E-state index contributed by atoms with van der Waals surface area (Å²) in [5.74, 6) is -0.266. The third kappa shape index (κ3) is 5.95. The van der Waals surface area contributed by atoms with Crippen LogP contribution in [0.4, 0.5) is 17.6 Å². The molecule has 4 aromatic rings. The van der Waals surface area contributed by atoms with Crippen molar-refractivity contribution in [2.75, 3.05) is 13.2 Å². The molecule has 0 saturated heterocycles. The summed E-state index contributed by atoms with van der Waals surface area (Å²) in [4.78, 5) is 8.56. The van der Waals surface area contributed by atoms with Gasteiger partial charge in [0.05, 0.1) is 23.3 Å². The lowest BCUT2D eigenvalue weighted by atomic mass is 9.99. The van der Waals surface area contributed by atoms with Crippen LogP contribution in [0, 0.1) is 0 Å². The van der Waals surface area contributed by atoms with E-state index in [0.717, 1.165) is 6.04 Å². The summed E-state index contributed by atoms with van der Waals surface area (Å²) in [6.45, 7) is 5.83. The maximum Gasteiger partial charge on any atom is 0.388 e. The second kappa shape index (κ2) is 11.1. The molecular weight excluding hydrogens is 560 g/mol. The van der Waals surface area contributed by atoms with Gasteiger partial charge in [-0.1, -0.05) is 19.6 Å². The first-order valence-corrected chi connectivity index (χ1v) is 16.8. The minimum Gasteiger partial charge on any atom is -0.475 e. The third-order valence-electron chi connectivity index (χ3n) is 6.70. The molecule has 0 saturated carbocycles. The maximum absolute atomic E-state index is 14.7. The summed E-state index contributed by atoms with van der Waals surface area (Å²) in [7, 11) is -1.43. The fourth-order valence-corrected chi connectivity index (χ4v) is 5.60. The van der Waals surface area contributed by atoms with Crippen LogP contribution in [0.5, 0.6) is 11.8 Å². The van der Waals surface area contributed by atoms with E-state index < -0.39 is 32.3 Å². The summed E-state index contributed by atoms with van der Waals surface area (Å²) in [5, 5.41) is 4.70. The molecule has 0 bridgehead atoms. The van der Waals surface area contributed by atoms with Gasteiger partial charge in [-0.15, -0.1) is 0 Å². The van der Waals surface area contributed by atoms with Crippen molar-refractivity contribution in [3.63, 3.8) is 0 Å². The van der Waals surface area contributed by atoms with E-state index in [0.29, 0.717) is 23.2 Å². The number of aromatic nitrogens is 5. The molecule has 0 spiro atoms. The fraction of sp³-hybridized carbons (Fsp3) is 0.444. The molecule has 14 heteroatoms. The highest BCUT2D eigenvalue weighted by atomic mass is 28.3. The van der Waals surface area contributed by atoms with Crippen LogP contribution in [0.15, 0.2) is 36.7 Å². The van der Waals surface area contributed by atoms with Crippen LogP contribution in [-0.2, 0) is 18.0 Å². The van der Waals surface area contributed by atoms with Crippen LogP contribution in [-0.4, -0.2) is 57.8 Å². The zero-order valence-electron chi connectivity index (χ0n) is 23.2. The number of rotatable bonds is 10. The Morgan fingerprint density at radius 2 is 1.83 bits per heavy atom. The number of hydrogen-bond acceptors (Lipinski definition) is 7. The van der Waals surface area contributed by atoms with Crippen molar-refractivity contribution in [1.82, 2.24) is 24.3 Å². The predicted molar refractivity (Wildman–Crippen MR) is 148 cm³/mol. The van der Waals surface area contributed by atoms with Gasteiger partial charge in [0, 0.05) is 43.6 Å². The van der Waals surface area contributed by atoms with E-state index >= 15 is 0 Å². The number of halogens is 4. The van der Waals surface area contributed by atoms with Gasteiger partial charge >= 0.3 is 6.61 Å². The first-order valence-electron chi connectivity index (χ1n) is 13.1. The third-order valence-corrected chi connectivity index (χ3v) is 8.41. The molecule has 5 rings (SSSR count). The molecule has 0 aromatic carbocycles. The molecule has 41 heavy (non-hydrogen) atoms. The van der Waals surface area contributed by atoms with Gasteiger partial charge < -0.3 is 24.5 Å². The topological polar surface area (TPSA) is 102 Å². The zero-order valence-corrected chi connectivity index (χ0v) is 24.2. The van der Waals surface area contributed by atoms with Crippen molar-refractivity contribution >= 4 is 19.1 Å². The van der Waals surface area contributed by atoms with Gasteiger partial charge in [-0.05, 0) is 37.2 Å². The largest absolute Gasteiger partial charge is 0.475 e. The Bertz CT molecular complexity index is 1550. The molecule has 0 fully saturated rings. The molecule has 9 nitrogen and oxygen atoms in total. The summed E-state index contributed by atoms with van der Waals surface area (Å²) in [5.41, 5.74) is 5.99. The summed E-state index contributed by atoms with van der Waals surface area (Å²) in [6.07, 6.45) is -0.108. The summed E-state index contributed by atoms with van der Waals surface area (Å²) < 4.78 is 76.0. The highest BCUT2D eigenvalue weighted by Gasteiger charge is 2.38. The molecule has 4 aromatic heterocycles. The summed E-state index contributed by atoms with van der Waals surface area (Å²) >= 11 is 0. The van der Waals surface area contributed by atoms with E-state index in [2.05, 4.69) is 34.7 Å². The summed E-state index contributed by atoms with van der Waals surface area (Å²) in [6, 6.07) is 7.38. The lowest BCUT2D eigenvalue weighted by Crippen LogP contribution is -2.49. The minimum atomic E-state index is -3.16. The SMILES string of the molecule is C[C@@]1(N)COc2c(-c3c(-c4cccnc4OC(F)F)c4cccnc4n3COCC[Si](C)(C)C)c(C(F)F)nn2C1.